The van der Waals surface area contributed by atoms with Gasteiger partial charge in [-0.25, -0.2) is 4.79 Å². The normalized spacial score (nSPS) is 10.1. The number of nitrogens with one attached hydrogen (secondary N) is 1. The van der Waals surface area contributed by atoms with E-state index in [1.54, 1.807) is 12.1 Å². The molecule has 0 fully saturated rings. The molecule has 0 unspecified atom stereocenters. The van der Waals surface area contributed by atoms with Gasteiger partial charge in [-0.05, 0) is 48.9 Å². The molecular weight excluding hydrogens is 254 g/mol. The zero-order valence-corrected chi connectivity index (χ0v) is 11.3. The maximum atomic E-state index is 10.7. The largest absolute Gasteiger partial charge is 0.494 e. The average molecular weight is 271 g/mol. The van der Waals surface area contributed by atoms with Gasteiger partial charge in [-0.2, -0.15) is 0 Å². The number of hydrogen-bond acceptors (Lipinski definition) is 3. The molecule has 2 aromatic carbocycles. The van der Waals surface area contributed by atoms with Crippen molar-refractivity contribution < 1.29 is 14.6 Å². The maximum absolute atomic E-state index is 10.7. The van der Waals surface area contributed by atoms with Gasteiger partial charge in [0, 0.05) is 12.2 Å². The lowest BCUT2D eigenvalue weighted by molar-refractivity contribution is 0.0697. The van der Waals surface area contributed by atoms with Crippen LogP contribution in [0.5, 0.6) is 5.75 Å². The van der Waals surface area contributed by atoms with Crippen LogP contribution in [0.3, 0.4) is 0 Å². The van der Waals surface area contributed by atoms with Crippen molar-refractivity contribution >= 4 is 11.7 Å². The minimum absolute atomic E-state index is 0.301. The molecule has 0 saturated carbocycles. The maximum Gasteiger partial charge on any atom is 0.335 e. The Bertz CT molecular complexity index is 561. The first-order valence-corrected chi connectivity index (χ1v) is 6.48. The number of carboxylic acids is 1. The highest BCUT2D eigenvalue weighted by Gasteiger charge is 2.01. The number of ether oxygens (including phenoxy) is 1. The highest BCUT2D eigenvalue weighted by molar-refractivity contribution is 5.87. The van der Waals surface area contributed by atoms with Crippen molar-refractivity contribution in [3.63, 3.8) is 0 Å². The molecule has 0 radical (unpaired) electrons. The van der Waals surface area contributed by atoms with Crippen molar-refractivity contribution in [2.75, 3.05) is 11.9 Å². The molecule has 104 valence electrons. The fourth-order valence-corrected chi connectivity index (χ4v) is 1.80. The molecule has 0 amide bonds. The molecule has 4 nitrogen and oxygen atoms in total. The molecular formula is C16H17NO3. The molecule has 2 rings (SSSR count). The summed E-state index contributed by atoms with van der Waals surface area (Å²) in [7, 11) is 0. The Morgan fingerprint density at radius 1 is 1.10 bits per heavy atom. The monoisotopic (exact) mass is 271 g/mol. The number of hydrogen-bond donors (Lipinski definition) is 2. The first-order valence-electron chi connectivity index (χ1n) is 6.48. The Morgan fingerprint density at radius 2 is 1.75 bits per heavy atom. The van der Waals surface area contributed by atoms with E-state index in [2.05, 4.69) is 5.32 Å². The van der Waals surface area contributed by atoms with Crippen LogP contribution in [0.1, 0.15) is 22.8 Å². The van der Waals surface area contributed by atoms with E-state index in [9.17, 15) is 4.79 Å². The Hall–Kier alpha value is -2.49. The quantitative estimate of drug-likeness (QED) is 0.845. The number of anilines is 1. The zero-order valence-electron chi connectivity index (χ0n) is 11.3. The van der Waals surface area contributed by atoms with Crippen molar-refractivity contribution in [3.05, 3.63) is 59.7 Å². The minimum Gasteiger partial charge on any atom is -0.494 e. The van der Waals surface area contributed by atoms with Crippen LogP contribution in [-0.4, -0.2) is 17.7 Å². The molecule has 4 heteroatoms. The van der Waals surface area contributed by atoms with Crippen LogP contribution in [0.4, 0.5) is 5.69 Å². The van der Waals surface area contributed by atoms with E-state index in [1.807, 2.05) is 43.3 Å². The van der Waals surface area contributed by atoms with Crippen molar-refractivity contribution in [2.45, 2.75) is 13.5 Å². The van der Waals surface area contributed by atoms with Crippen LogP contribution in [0.2, 0.25) is 0 Å². The van der Waals surface area contributed by atoms with Gasteiger partial charge in [0.2, 0.25) is 0 Å². The lowest BCUT2D eigenvalue weighted by Gasteiger charge is -2.08. The van der Waals surface area contributed by atoms with Crippen molar-refractivity contribution in [3.8, 4) is 5.75 Å². The standard InChI is InChI=1S/C16H17NO3/c1-2-20-15-9-7-14(8-10-15)17-11-12-3-5-13(6-4-12)16(18)19/h3-10,17H,2,11H2,1H3,(H,18,19). The van der Waals surface area contributed by atoms with Gasteiger partial charge in [0.25, 0.3) is 0 Å². The SMILES string of the molecule is CCOc1ccc(NCc2ccc(C(=O)O)cc2)cc1. The van der Waals surface area contributed by atoms with Gasteiger partial charge in [-0.3, -0.25) is 0 Å². The lowest BCUT2D eigenvalue weighted by Crippen LogP contribution is -2.01. The van der Waals surface area contributed by atoms with Crippen molar-refractivity contribution in [1.29, 1.82) is 0 Å². The predicted molar refractivity (Wildman–Crippen MR) is 78.3 cm³/mol. The van der Waals surface area contributed by atoms with E-state index in [0.717, 1.165) is 17.0 Å². The summed E-state index contributed by atoms with van der Waals surface area (Å²) in [5.74, 6) is -0.0557. The van der Waals surface area contributed by atoms with Gasteiger partial charge in [-0.1, -0.05) is 12.1 Å². The van der Waals surface area contributed by atoms with Crippen LogP contribution in [0.15, 0.2) is 48.5 Å². The van der Waals surface area contributed by atoms with Gasteiger partial charge >= 0.3 is 5.97 Å². The summed E-state index contributed by atoms with van der Waals surface area (Å²) in [6.45, 7) is 3.25. The van der Waals surface area contributed by atoms with Gasteiger partial charge < -0.3 is 15.2 Å². The first kappa shape index (κ1) is 13.9. The van der Waals surface area contributed by atoms with Gasteiger partial charge in [0.05, 0.1) is 12.2 Å². The second-order valence-electron chi connectivity index (χ2n) is 4.31. The molecule has 0 spiro atoms. The lowest BCUT2D eigenvalue weighted by atomic mass is 10.1. The van der Waals surface area contributed by atoms with E-state index >= 15 is 0 Å². The zero-order chi connectivity index (χ0) is 14.4. The number of carbonyl (C=O) groups is 1. The van der Waals surface area contributed by atoms with E-state index < -0.39 is 5.97 Å². The Morgan fingerprint density at radius 3 is 2.30 bits per heavy atom. The van der Waals surface area contributed by atoms with E-state index in [4.69, 9.17) is 9.84 Å². The number of aromatic carboxylic acids is 1. The number of benzene rings is 2. The topological polar surface area (TPSA) is 58.6 Å². The van der Waals surface area contributed by atoms with Crippen molar-refractivity contribution in [1.82, 2.24) is 0 Å². The van der Waals surface area contributed by atoms with Crippen LogP contribution >= 0.6 is 0 Å². The highest BCUT2D eigenvalue weighted by atomic mass is 16.5. The van der Waals surface area contributed by atoms with Crippen LogP contribution in [0, 0.1) is 0 Å². The second kappa shape index (κ2) is 6.61. The van der Waals surface area contributed by atoms with Crippen LogP contribution < -0.4 is 10.1 Å². The van der Waals surface area contributed by atoms with E-state index in [0.29, 0.717) is 18.7 Å². The van der Waals surface area contributed by atoms with E-state index in [1.165, 1.54) is 0 Å². The molecule has 0 bridgehead atoms. The Balaban J connectivity index is 1.92. The summed E-state index contributed by atoms with van der Waals surface area (Å²) in [5.41, 5.74) is 2.33. The summed E-state index contributed by atoms with van der Waals surface area (Å²) in [4.78, 5) is 10.7. The molecule has 0 aliphatic heterocycles. The molecule has 0 atom stereocenters. The summed E-state index contributed by atoms with van der Waals surface area (Å²) in [5, 5.41) is 12.1. The summed E-state index contributed by atoms with van der Waals surface area (Å²) in [6, 6.07) is 14.6. The molecule has 0 aliphatic rings. The Kier molecular flexibility index (Phi) is 4.60. The number of rotatable bonds is 6. The molecule has 0 saturated heterocycles. The second-order valence-corrected chi connectivity index (χ2v) is 4.31. The smallest absolute Gasteiger partial charge is 0.335 e. The molecule has 2 N–H and O–H groups in total. The molecule has 2 aromatic rings. The molecule has 20 heavy (non-hydrogen) atoms. The predicted octanol–water partition coefficient (Wildman–Crippen LogP) is 3.40. The van der Waals surface area contributed by atoms with Crippen molar-refractivity contribution in [2.24, 2.45) is 0 Å². The minimum atomic E-state index is -0.906. The first-order chi connectivity index (χ1) is 9.69. The Labute approximate surface area is 118 Å². The van der Waals surface area contributed by atoms with Gasteiger partial charge in [0.15, 0.2) is 0 Å². The summed E-state index contributed by atoms with van der Waals surface area (Å²) >= 11 is 0. The van der Waals surface area contributed by atoms with Crippen LogP contribution in [0.25, 0.3) is 0 Å². The van der Waals surface area contributed by atoms with Crippen LogP contribution in [-0.2, 0) is 6.54 Å². The molecule has 0 aliphatic carbocycles. The fourth-order valence-electron chi connectivity index (χ4n) is 1.80. The molecule has 0 aromatic heterocycles. The number of carboxylic acid groups (broad SMARTS) is 1. The third kappa shape index (κ3) is 3.75. The van der Waals surface area contributed by atoms with E-state index in [-0.39, 0.29) is 0 Å². The van der Waals surface area contributed by atoms with Gasteiger partial charge in [-0.15, -0.1) is 0 Å². The summed E-state index contributed by atoms with van der Waals surface area (Å²) < 4.78 is 5.38. The highest BCUT2D eigenvalue weighted by Crippen LogP contribution is 2.16. The average Bonchev–Trinajstić information content (AvgIpc) is 2.47. The summed E-state index contributed by atoms with van der Waals surface area (Å²) in [6.07, 6.45) is 0. The molecule has 0 heterocycles. The van der Waals surface area contributed by atoms with Gasteiger partial charge in [0.1, 0.15) is 5.75 Å². The third-order valence-electron chi connectivity index (χ3n) is 2.86. The fraction of sp³-hybridized carbons (Fsp3) is 0.188. The third-order valence-corrected chi connectivity index (χ3v) is 2.86.